The minimum atomic E-state index is -0.573. The third-order valence-electron chi connectivity index (χ3n) is 2.96. The van der Waals surface area contributed by atoms with Gasteiger partial charge in [-0.25, -0.2) is 8.78 Å². The molecule has 0 spiro atoms. The quantitative estimate of drug-likeness (QED) is 0.848. The number of nitrogens with zero attached hydrogens (tertiary/aromatic N) is 1. The molecule has 0 heterocycles. The molecule has 0 saturated heterocycles. The summed E-state index contributed by atoms with van der Waals surface area (Å²) in [4.78, 5) is 2.08. The van der Waals surface area contributed by atoms with Crippen molar-refractivity contribution in [3.05, 3.63) is 35.4 Å². The fourth-order valence-electron chi connectivity index (χ4n) is 1.81. The summed E-state index contributed by atoms with van der Waals surface area (Å²) >= 11 is 0. The van der Waals surface area contributed by atoms with Gasteiger partial charge in [0.15, 0.2) is 0 Å². The highest BCUT2D eigenvalue weighted by molar-refractivity contribution is 5.22. The van der Waals surface area contributed by atoms with Crippen LogP contribution in [0.1, 0.15) is 31.9 Å². The third-order valence-corrected chi connectivity index (χ3v) is 2.96. The lowest BCUT2D eigenvalue weighted by Crippen LogP contribution is -2.30. The van der Waals surface area contributed by atoms with E-state index in [1.807, 2.05) is 7.05 Å². The van der Waals surface area contributed by atoms with Gasteiger partial charge in [-0.15, -0.1) is 0 Å². The van der Waals surface area contributed by atoms with E-state index in [-0.39, 0.29) is 0 Å². The van der Waals surface area contributed by atoms with Gasteiger partial charge in [0.05, 0.1) is 0 Å². The van der Waals surface area contributed by atoms with Crippen molar-refractivity contribution in [2.75, 3.05) is 20.1 Å². The van der Waals surface area contributed by atoms with E-state index in [9.17, 15) is 8.78 Å². The molecule has 0 aliphatic carbocycles. The number of halogens is 2. The standard InChI is InChI=1S/C14H22F2N2/c1-10(2)6-7-18(3)9-14(17)12-5-4-11(15)8-13(12)16/h4-5,8,10,14H,6-7,9,17H2,1-3H3. The molecule has 18 heavy (non-hydrogen) atoms. The predicted octanol–water partition coefficient (Wildman–Crippen LogP) is 2.94. The summed E-state index contributed by atoms with van der Waals surface area (Å²) in [6.07, 6.45) is 1.08. The summed E-state index contributed by atoms with van der Waals surface area (Å²) in [5, 5.41) is 0. The second-order valence-corrected chi connectivity index (χ2v) is 5.22. The van der Waals surface area contributed by atoms with Crippen LogP contribution in [0.15, 0.2) is 18.2 Å². The summed E-state index contributed by atoms with van der Waals surface area (Å²) in [6, 6.07) is 3.11. The van der Waals surface area contributed by atoms with Crippen molar-refractivity contribution in [2.24, 2.45) is 11.7 Å². The van der Waals surface area contributed by atoms with Crippen molar-refractivity contribution in [3.8, 4) is 0 Å². The van der Waals surface area contributed by atoms with Gasteiger partial charge >= 0.3 is 0 Å². The number of hydrogen-bond donors (Lipinski definition) is 1. The molecule has 1 aromatic rings. The first-order valence-corrected chi connectivity index (χ1v) is 6.29. The monoisotopic (exact) mass is 256 g/mol. The van der Waals surface area contributed by atoms with Crippen molar-refractivity contribution in [3.63, 3.8) is 0 Å². The molecule has 0 aromatic heterocycles. The van der Waals surface area contributed by atoms with E-state index in [0.29, 0.717) is 18.0 Å². The van der Waals surface area contributed by atoms with Crippen molar-refractivity contribution >= 4 is 0 Å². The summed E-state index contributed by atoms with van der Waals surface area (Å²) in [5.41, 5.74) is 6.32. The van der Waals surface area contributed by atoms with E-state index in [1.54, 1.807) is 0 Å². The maximum absolute atomic E-state index is 13.5. The number of rotatable bonds is 6. The lowest BCUT2D eigenvalue weighted by Gasteiger charge is -2.22. The molecular weight excluding hydrogens is 234 g/mol. The van der Waals surface area contributed by atoms with Crippen LogP contribution < -0.4 is 5.73 Å². The van der Waals surface area contributed by atoms with Gasteiger partial charge in [0, 0.05) is 24.2 Å². The third kappa shape index (κ3) is 4.70. The van der Waals surface area contributed by atoms with Crippen molar-refractivity contribution in [1.29, 1.82) is 0 Å². The maximum atomic E-state index is 13.5. The Hall–Kier alpha value is -1.00. The van der Waals surface area contributed by atoms with E-state index in [4.69, 9.17) is 5.73 Å². The largest absolute Gasteiger partial charge is 0.323 e. The number of likely N-dealkylation sites (N-methyl/N-ethyl adjacent to an activating group) is 1. The van der Waals surface area contributed by atoms with E-state index in [0.717, 1.165) is 19.0 Å². The van der Waals surface area contributed by atoms with Crippen LogP contribution in [0.3, 0.4) is 0 Å². The normalized spacial score (nSPS) is 13.3. The topological polar surface area (TPSA) is 29.3 Å². The highest BCUT2D eigenvalue weighted by Crippen LogP contribution is 2.17. The minimum absolute atomic E-state index is 0.368. The molecule has 1 aromatic carbocycles. The second-order valence-electron chi connectivity index (χ2n) is 5.22. The average Bonchev–Trinajstić information content (AvgIpc) is 2.26. The first-order valence-electron chi connectivity index (χ1n) is 6.29. The predicted molar refractivity (Wildman–Crippen MR) is 70.2 cm³/mol. The molecule has 0 bridgehead atoms. The SMILES string of the molecule is CC(C)CCN(C)CC(N)c1ccc(F)cc1F. The summed E-state index contributed by atoms with van der Waals surface area (Å²) in [6.45, 7) is 5.81. The number of nitrogens with two attached hydrogens (primary N) is 1. The Labute approximate surface area is 108 Å². The van der Waals surface area contributed by atoms with Gasteiger partial charge in [-0.3, -0.25) is 0 Å². The molecule has 0 saturated carbocycles. The number of hydrogen-bond acceptors (Lipinski definition) is 2. The van der Waals surface area contributed by atoms with Gasteiger partial charge in [-0.05, 0) is 32.0 Å². The molecule has 1 rings (SSSR count). The van der Waals surface area contributed by atoms with Crippen molar-refractivity contribution in [2.45, 2.75) is 26.3 Å². The Balaban J connectivity index is 2.56. The van der Waals surface area contributed by atoms with Gasteiger partial charge in [-0.2, -0.15) is 0 Å². The molecule has 102 valence electrons. The molecule has 0 aliphatic rings. The summed E-state index contributed by atoms with van der Waals surface area (Å²) in [7, 11) is 1.96. The van der Waals surface area contributed by atoms with Crippen LogP contribution in [0.4, 0.5) is 8.78 Å². The molecule has 1 unspecified atom stereocenters. The zero-order valence-corrected chi connectivity index (χ0v) is 11.3. The highest BCUT2D eigenvalue weighted by atomic mass is 19.1. The molecule has 0 amide bonds. The smallest absolute Gasteiger partial charge is 0.130 e. The van der Waals surface area contributed by atoms with Crippen LogP contribution in [0, 0.1) is 17.6 Å². The summed E-state index contributed by atoms with van der Waals surface area (Å²) in [5.74, 6) is -0.511. The van der Waals surface area contributed by atoms with Gasteiger partial charge in [0.2, 0.25) is 0 Å². The van der Waals surface area contributed by atoms with Gasteiger partial charge in [0.1, 0.15) is 11.6 Å². The fraction of sp³-hybridized carbons (Fsp3) is 0.571. The van der Waals surface area contributed by atoms with E-state index in [1.165, 1.54) is 12.1 Å². The Morgan fingerprint density at radius 1 is 1.28 bits per heavy atom. The molecule has 1 atom stereocenters. The first kappa shape index (κ1) is 15.1. The van der Waals surface area contributed by atoms with Crippen LogP contribution in [0.2, 0.25) is 0 Å². The van der Waals surface area contributed by atoms with Crippen LogP contribution >= 0.6 is 0 Å². The molecular formula is C14H22F2N2. The van der Waals surface area contributed by atoms with Crippen LogP contribution in [-0.2, 0) is 0 Å². The van der Waals surface area contributed by atoms with Crippen LogP contribution in [-0.4, -0.2) is 25.0 Å². The van der Waals surface area contributed by atoms with Gasteiger partial charge in [-0.1, -0.05) is 19.9 Å². The van der Waals surface area contributed by atoms with E-state index < -0.39 is 17.7 Å². The Bertz CT molecular complexity index is 380. The molecule has 0 radical (unpaired) electrons. The zero-order chi connectivity index (χ0) is 13.7. The van der Waals surface area contributed by atoms with Crippen LogP contribution in [0.5, 0.6) is 0 Å². The maximum Gasteiger partial charge on any atom is 0.130 e. The van der Waals surface area contributed by atoms with E-state index in [2.05, 4.69) is 18.7 Å². The fourth-order valence-corrected chi connectivity index (χ4v) is 1.81. The Morgan fingerprint density at radius 2 is 1.94 bits per heavy atom. The lowest BCUT2D eigenvalue weighted by atomic mass is 10.1. The minimum Gasteiger partial charge on any atom is -0.323 e. The number of benzene rings is 1. The van der Waals surface area contributed by atoms with Crippen molar-refractivity contribution in [1.82, 2.24) is 4.90 Å². The first-order chi connectivity index (χ1) is 8.40. The van der Waals surface area contributed by atoms with Gasteiger partial charge < -0.3 is 10.6 Å². The summed E-state index contributed by atoms with van der Waals surface area (Å²) < 4.78 is 26.3. The Morgan fingerprint density at radius 3 is 2.50 bits per heavy atom. The molecule has 0 aliphatic heterocycles. The zero-order valence-electron chi connectivity index (χ0n) is 11.3. The van der Waals surface area contributed by atoms with Crippen molar-refractivity contribution < 1.29 is 8.78 Å². The van der Waals surface area contributed by atoms with E-state index >= 15 is 0 Å². The lowest BCUT2D eigenvalue weighted by molar-refractivity contribution is 0.290. The molecule has 4 heteroatoms. The molecule has 2 nitrogen and oxygen atoms in total. The van der Waals surface area contributed by atoms with Gasteiger partial charge in [0.25, 0.3) is 0 Å². The molecule has 0 fully saturated rings. The molecule has 2 N–H and O–H groups in total. The highest BCUT2D eigenvalue weighted by Gasteiger charge is 2.14. The Kier molecular flexibility index (Phi) is 5.69. The second kappa shape index (κ2) is 6.81. The van der Waals surface area contributed by atoms with Crippen LogP contribution in [0.25, 0.3) is 0 Å². The average molecular weight is 256 g/mol.